The zero-order chi connectivity index (χ0) is 15.4. The van der Waals surface area contributed by atoms with E-state index in [0.29, 0.717) is 29.3 Å². The number of amides is 1. The highest BCUT2D eigenvalue weighted by Crippen LogP contribution is 2.29. The molecule has 0 bridgehead atoms. The van der Waals surface area contributed by atoms with Gasteiger partial charge in [0, 0.05) is 12.5 Å². The van der Waals surface area contributed by atoms with Gasteiger partial charge in [-0.1, -0.05) is 12.5 Å². The van der Waals surface area contributed by atoms with Crippen LogP contribution in [0.2, 0.25) is 0 Å². The van der Waals surface area contributed by atoms with E-state index in [9.17, 15) is 14.0 Å². The first-order valence-electron chi connectivity index (χ1n) is 6.92. The lowest BCUT2D eigenvalue weighted by molar-refractivity contribution is -0.144. The Morgan fingerprint density at radius 1 is 1.33 bits per heavy atom. The number of benzene rings is 1. The summed E-state index contributed by atoms with van der Waals surface area (Å²) in [7, 11) is 0. The molecule has 1 aliphatic rings. The highest BCUT2D eigenvalue weighted by Gasteiger charge is 2.30. The SMILES string of the molecule is O=C(O)C1CCCC(C(=O)NCc2ccc(Br)c(F)c2)C1. The number of carbonyl (C=O) groups excluding carboxylic acids is 1. The maximum atomic E-state index is 13.4. The second kappa shape index (κ2) is 7.02. The highest BCUT2D eigenvalue weighted by molar-refractivity contribution is 9.10. The fourth-order valence-electron chi connectivity index (χ4n) is 2.64. The molecule has 2 unspecified atom stereocenters. The largest absolute Gasteiger partial charge is 0.481 e. The molecule has 0 aromatic heterocycles. The van der Waals surface area contributed by atoms with Crippen molar-refractivity contribution >= 4 is 27.8 Å². The van der Waals surface area contributed by atoms with Crippen LogP contribution in [-0.4, -0.2) is 17.0 Å². The van der Waals surface area contributed by atoms with Crippen LogP contribution < -0.4 is 5.32 Å². The van der Waals surface area contributed by atoms with Crippen molar-refractivity contribution < 1.29 is 19.1 Å². The van der Waals surface area contributed by atoms with Gasteiger partial charge in [-0.25, -0.2) is 4.39 Å². The number of nitrogens with one attached hydrogen (secondary N) is 1. The number of halogens is 2. The minimum absolute atomic E-state index is 0.149. The van der Waals surface area contributed by atoms with Crippen molar-refractivity contribution in [3.8, 4) is 0 Å². The standard InChI is InChI=1S/C15H17BrFNO3/c16-12-5-4-9(6-13(12)17)8-18-14(19)10-2-1-3-11(7-10)15(20)21/h4-6,10-11H,1-3,7-8H2,(H,18,19)(H,20,21). The normalized spacial score (nSPS) is 21.8. The Balaban J connectivity index is 1.89. The first-order valence-corrected chi connectivity index (χ1v) is 7.71. The van der Waals surface area contributed by atoms with E-state index in [1.807, 2.05) is 0 Å². The number of hydrogen-bond donors (Lipinski definition) is 2. The summed E-state index contributed by atoms with van der Waals surface area (Å²) in [5.41, 5.74) is 0.676. The molecule has 2 atom stereocenters. The summed E-state index contributed by atoms with van der Waals surface area (Å²) in [6.45, 7) is 0.247. The molecule has 0 spiro atoms. The molecule has 6 heteroatoms. The molecule has 0 radical (unpaired) electrons. The lowest BCUT2D eigenvalue weighted by Gasteiger charge is -2.25. The molecule has 4 nitrogen and oxygen atoms in total. The Morgan fingerprint density at radius 3 is 2.71 bits per heavy atom. The zero-order valence-corrected chi connectivity index (χ0v) is 13.0. The molecular formula is C15H17BrFNO3. The van der Waals surface area contributed by atoms with Crippen molar-refractivity contribution in [1.82, 2.24) is 5.32 Å². The lowest BCUT2D eigenvalue weighted by atomic mass is 9.81. The number of carbonyl (C=O) groups is 2. The van der Waals surface area contributed by atoms with Crippen LogP contribution in [0.3, 0.4) is 0 Å². The van der Waals surface area contributed by atoms with Crippen molar-refractivity contribution in [2.75, 3.05) is 0 Å². The summed E-state index contributed by atoms with van der Waals surface area (Å²) in [6, 6.07) is 4.69. The van der Waals surface area contributed by atoms with Gasteiger partial charge in [-0.15, -0.1) is 0 Å². The summed E-state index contributed by atoms with van der Waals surface area (Å²) in [4.78, 5) is 23.1. The van der Waals surface area contributed by atoms with Crippen LogP contribution in [0.1, 0.15) is 31.2 Å². The number of carboxylic acids is 1. The topological polar surface area (TPSA) is 66.4 Å². The Kier molecular flexibility index (Phi) is 5.33. The van der Waals surface area contributed by atoms with E-state index in [1.54, 1.807) is 12.1 Å². The minimum atomic E-state index is -0.831. The smallest absolute Gasteiger partial charge is 0.306 e. The quantitative estimate of drug-likeness (QED) is 0.869. The third-order valence-corrected chi connectivity index (χ3v) is 4.49. The number of rotatable bonds is 4. The van der Waals surface area contributed by atoms with Gasteiger partial charge in [0.05, 0.1) is 10.4 Å². The Hall–Kier alpha value is -1.43. The van der Waals surface area contributed by atoms with Gasteiger partial charge in [0.2, 0.25) is 5.91 Å². The predicted octanol–water partition coefficient (Wildman–Crippen LogP) is 3.10. The van der Waals surface area contributed by atoms with Gasteiger partial charge in [0.15, 0.2) is 0 Å². The van der Waals surface area contributed by atoms with E-state index in [2.05, 4.69) is 21.2 Å². The third-order valence-electron chi connectivity index (χ3n) is 3.84. The molecule has 1 fully saturated rings. The van der Waals surface area contributed by atoms with Crippen LogP contribution in [0.15, 0.2) is 22.7 Å². The summed E-state index contributed by atoms with van der Waals surface area (Å²) >= 11 is 3.07. The number of aliphatic carboxylic acids is 1. The third kappa shape index (κ3) is 4.27. The molecule has 0 saturated heterocycles. The summed E-state index contributed by atoms with van der Waals surface area (Å²) in [5.74, 6) is -2.04. The van der Waals surface area contributed by atoms with Gasteiger partial charge >= 0.3 is 5.97 Å². The average Bonchev–Trinajstić information content (AvgIpc) is 2.48. The van der Waals surface area contributed by atoms with Gasteiger partial charge < -0.3 is 10.4 Å². The fraction of sp³-hybridized carbons (Fsp3) is 0.467. The molecule has 1 amide bonds. The van der Waals surface area contributed by atoms with Crippen LogP contribution in [0.4, 0.5) is 4.39 Å². The second-order valence-corrected chi connectivity index (χ2v) is 6.22. The molecule has 0 heterocycles. The molecule has 1 aromatic carbocycles. The van der Waals surface area contributed by atoms with E-state index in [0.717, 1.165) is 6.42 Å². The Morgan fingerprint density at radius 2 is 2.05 bits per heavy atom. The van der Waals surface area contributed by atoms with Crippen LogP contribution in [0.5, 0.6) is 0 Å². The molecule has 1 saturated carbocycles. The van der Waals surface area contributed by atoms with Crippen molar-refractivity contribution in [1.29, 1.82) is 0 Å². The van der Waals surface area contributed by atoms with Crippen LogP contribution in [-0.2, 0) is 16.1 Å². The van der Waals surface area contributed by atoms with Gasteiger partial charge in [-0.3, -0.25) is 9.59 Å². The maximum absolute atomic E-state index is 13.4. The second-order valence-electron chi connectivity index (χ2n) is 5.36. The summed E-state index contributed by atoms with van der Waals surface area (Å²) in [5, 5.41) is 11.8. The minimum Gasteiger partial charge on any atom is -0.481 e. The van der Waals surface area contributed by atoms with Crippen molar-refractivity contribution in [3.63, 3.8) is 0 Å². The number of carboxylic acid groups (broad SMARTS) is 1. The van der Waals surface area contributed by atoms with Gasteiger partial charge in [0.25, 0.3) is 0 Å². The van der Waals surface area contributed by atoms with Gasteiger partial charge in [-0.2, -0.15) is 0 Å². The maximum Gasteiger partial charge on any atom is 0.306 e. The molecule has 1 aromatic rings. The van der Waals surface area contributed by atoms with E-state index >= 15 is 0 Å². The average molecular weight is 358 g/mol. The van der Waals surface area contributed by atoms with Gasteiger partial charge in [0.1, 0.15) is 5.82 Å². The first-order chi connectivity index (χ1) is 9.97. The fourth-order valence-corrected chi connectivity index (χ4v) is 2.88. The van der Waals surface area contributed by atoms with Crippen LogP contribution >= 0.6 is 15.9 Å². The number of hydrogen-bond acceptors (Lipinski definition) is 2. The van der Waals surface area contributed by atoms with E-state index in [1.165, 1.54) is 6.07 Å². The molecular weight excluding hydrogens is 341 g/mol. The molecule has 2 rings (SSSR count). The van der Waals surface area contributed by atoms with Crippen molar-refractivity contribution in [2.24, 2.45) is 11.8 Å². The monoisotopic (exact) mass is 357 g/mol. The zero-order valence-electron chi connectivity index (χ0n) is 11.4. The summed E-state index contributed by atoms with van der Waals surface area (Å²) < 4.78 is 13.8. The first kappa shape index (κ1) is 15.9. The lowest BCUT2D eigenvalue weighted by Crippen LogP contribution is -2.35. The van der Waals surface area contributed by atoms with Crippen LogP contribution in [0, 0.1) is 17.7 Å². The molecule has 114 valence electrons. The molecule has 21 heavy (non-hydrogen) atoms. The van der Waals surface area contributed by atoms with E-state index in [4.69, 9.17) is 5.11 Å². The van der Waals surface area contributed by atoms with Crippen molar-refractivity contribution in [3.05, 3.63) is 34.1 Å². The summed E-state index contributed by atoms with van der Waals surface area (Å²) in [6.07, 6.45) is 2.49. The van der Waals surface area contributed by atoms with E-state index < -0.39 is 11.9 Å². The van der Waals surface area contributed by atoms with Gasteiger partial charge in [-0.05, 0) is 52.9 Å². The molecule has 1 aliphatic carbocycles. The Labute approximate surface area is 130 Å². The van der Waals surface area contributed by atoms with Crippen molar-refractivity contribution in [2.45, 2.75) is 32.2 Å². The molecule has 0 aliphatic heterocycles. The molecule has 2 N–H and O–H groups in total. The Bertz CT molecular complexity index is 550. The predicted molar refractivity (Wildman–Crippen MR) is 79.0 cm³/mol. The highest BCUT2D eigenvalue weighted by atomic mass is 79.9. The van der Waals surface area contributed by atoms with Crippen LogP contribution in [0.25, 0.3) is 0 Å². The van der Waals surface area contributed by atoms with E-state index in [-0.39, 0.29) is 24.2 Å².